The maximum Gasteiger partial charge on any atom is 0.121 e. The van der Waals surface area contributed by atoms with Crippen LogP contribution < -0.4 is 15.8 Å². The second kappa shape index (κ2) is 8.18. The van der Waals surface area contributed by atoms with Crippen molar-refractivity contribution in [3.05, 3.63) is 29.3 Å². The number of hydrogen-bond acceptors (Lipinski definition) is 3. The van der Waals surface area contributed by atoms with E-state index in [1.54, 1.807) is 7.11 Å². The third-order valence-corrected chi connectivity index (χ3v) is 3.70. The second-order valence-corrected chi connectivity index (χ2v) is 5.50. The van der Waals surface area contributed by atoms with Gasteiger partial charge in [-0.1, -0.05) is 26.0 Å². The molecule has 1 aromatic carbocycles. The van der Waals surface area contributed by atoms with Crippen LogP contribution >= 0.6 is 0 Å². The highest BCUT2D eigenvalue weighted by atomic mass is 16.5. The minimum Gasteiger partial charge on any atom is -0.496 e. The summed E-state index contributed by atoms with van der Waals surface area (Å²) in [6.45, 7) is 9.29. The van der Waals surface area contributed by atoms with Crippen LogP contribution in [-0.2, 0) is 6.42 Å². The molecule has 1 unspecified atom stereocenters. The van der Waals surface area contributed by atoms with E-state index in [0.29, 0.717) is 11.8 Å². The van der Waals surface area contributed by atoms with Crippen molar-refractivity contribution in [1.29, 1.82) is 0 Å². The molecule has 1 atom stereocenters. The lowest BCUT2D eigenvalue weighted by Crippen LogP contribution is -2.32. The summed E-state index contributed by atoms with van der Waals surface area (Å²) in [7, 11) is 1.71. The van der Waals surface area contributed by atoms with Crippen LogP contribution in [0.5, 0.6) is 5.75 Å². The Labute approximate surface area is 117 Å². The predicted octanol–water partition coefficient (Wildman–Crippen LogP) is 2.37. The Morgan fingerprint density at radius 3 is 2.58 bits per heavy atom. The van der Waals surface area contributed by atoms with Crippen LogP contribution in [0.1, 0.15) is 25.0 Å². The van der Waals surface area contributed by atoms with E-state index in [2.05, 4.69) is 38.2 Å². The Kier molecular flexibility index (Phi) is 6.89. The van der Waals surface area contributed by atoms with Gasteiger partial charge in [-0.2, -0.15) is 0 Å². The molecule has 3 N–H and O–H groups in total. The van der Waals surface area contributed by atoms with E-state index in [9.17, 15) is 0 Å². The topological polar surface area (TPSA) is 47.3 Å². The van der Waals surface area contributed by atoms with Gasteiger partial charge in [0.2, 0.25) is 0 Å². The Hall–Kier alpha value is -1.06. The lowest BCUT2D eigenvalue weighted by Gasteiger charge is -2.19. The molecule has 3 heteroatoms. The predicted molar refractivity (Wildman–Crippen MR) is 81.7 cm³/mol. The van der Waals surface area contributed by atoms with Crippen LogP contribution in [0.2, 0.25) is 0 Å². The molecule has 0 aromatic heterocycles. The second-order valence-electron chi connectivity index (χ2n) is 5.50. The van der Waals surface area contributed by atoms with Gasteiger partial charge < -0.3 is 15.8 Å². The van der Waals surface area contributed by atoms with E-state index in [1.807, 2.05) is 6.07 Å². The van der Waals surface area contributed by atoms with Crippen molar-refractivity contribution in [2.24, 2.45) is 17.6 Å². The Morgan fingerprint density at radius 1 is 1.32 bits per heavy atom. The smallest absolute Gasteiger partial charge is 0.121 e. The van der Waals surface area contributed by atoms with Crippen molar-refractivity contribution in [3.63, 3.8) is 0 Å². The Morgan fingerprint density at radius 2 is 2.05 bits per heavy atom. The number of rotatable bonds is 8. The van der Waals surface area contributed by atoms with Crippen molar-refractivity contribution in [1.82, 2.24) is 5.32 Å². The molecule has 0 saturated heterocycles. The molecule has 0 radical (unpaired) electrons. The molecule has 0 aliphatic carbocycles. The van der Waals surface area contributed by atoms with Crippen LogP contribution in [0.15, 0.2) is 18.2 Å². The molecule has 0 aliphatic heterocycles. The zero-order chi connectivity index (χ0) is 14.3. The van der Waals surface area contributed by atoms with Crippen molar-refractivity contribution < 1.29 is 4.74 Å². The van der Waals surface area contributed by atoms with E-state index in [4.69, 9.17) is 10.5 Å². The van der Waals surface area contributed by atoms with Crippen LogP contribution in [0, 0.1) is 18.8 Å². The highest BCUT2D eigenvalue weighted by Gasteiger charge is 2.10. The van der Waals surface area contributed by atoms with Gasteiger partial charge in [0.1, 0.15) is 5.75 Å². The number of nitrogens with one attached hydrogen (secondary N) is 1. The van der Waals surface area contributed by atoms with E-state index in [1.165, 1.54) is 11.1 Å². The summed E-state index contributed by atoms with van der Waals surface area (Å²) in [5, 5.41) is 3.50. The molecule has 0 aliphatic rings. The van der Waals surface area contributed by atoms with Gasteiger partial charge in [0.25, 0.3) is 0 Å². The standard InChI is InChI=1S/C16H28N2O/c1-12(2)15(10-17)11-18-8-7-14-5-6-16(19-4)13(3)9-14/h5-6,9,12,15,18H,7-8,10-11,17H2,1-4H3. The zero-order valence-electron chi connectivity index (χ0n) is 12.7. The minimum atomic E-state index is 0.567. The molecule has 0 fully saturated rings. The molecule has 0 amide bonds. The van der Waals surface area contributed by atoms with Crippen molar-refractivity contribution >= 4 is 0 Å². The molecular formula is C16H28N2O. The SMILES string of the molecule is COc1ccc(CCNCC(CN)C(C)C)cc1C. The fourth-order valence-corrected chi connectivity index (χ4v) is 2.21. The van der Waals surface area contributed by atoms with Crippen LogP contribution in [0.25, 0.3) is 0 Å². The molecule has 1 rings (SSSR count). The maximum atomic E-state index is 5.76. The molecule has 0 bridgehead atoms. The first kappa shape index (κ1) is 16.0. The largest absolute Gasteiger partial charge is 0.496 e. The van der Waals surface area contributed by atoms with Crippen LogP contribution in [0.3, 0.4) is 0 Å². The highest BCUT2D eigenvalue weighted by molar-refractivity contribution is 5.36. The van der Waals surface area contributed by atoms with Crippen LogP contribution in [0.4, 0.5) is 0 Å². The fourth-order valence-electron chi connectivity index (χ4n) is 2.21. The van der Waals surface area contributed by atoms with E-state index >= 15 is 0 Å². The van der Waals surface area contributed by atoms with Gasteiger partial charge in [-0.05, 0) is 62.0 Å². The summed E-state index contributed by atoms with van der Waals surface area (Å²) in [5.41, 5.74) is 8.31. The molecule has 0 spiro atoms. The van der Waals surface area contributed by atoms with Gasteiger partial charge in [-0.15, -0.1) is 0 Å². The number of benzene rings is 1. The third-order valence-electron chi connectivity index (χ3n) is 3.70. The van der Waals surface area contributed by atoms with Crippen LogP contribution in [-0.4, -0.2) is 26.7 Å². The van der Waals surface area contributed by atoms with Gasteiger partial charge in [-0.3, -0.25) is 0 Å². The molecule has 1 aromatic rings. The average molecular weight is 264 g/mol. The summed E-state index contributed by atoms with van der Waals surface area (Å²) in [5.74, 6) is 2.16. The van der Waals surface area contributed by atoms with Crippen molar-refractivity contribution in [2.45, 2.75) is 27.2 Å². The van der Waals surface area contributed by atoms with Gasteiger partial charge in [0, 0.05) is 0 Å². The lowest BCUT2D eigenvalue weighted by molar-refractivity contribution is 0.372. The Balaban J connectivity index is 2.35. The number of nitrogens with two attached hydrogens (primary N) is 1. The molecule has 108 valence electrons. The lowest BCUT2D eigenvalue weighted by atomic mass is 9.96. The number of methoxy groups -OCH3 is 1. The first-order valence-corrected chi connectivity index (χ1v) is 7.12. The molecule has 19 heavy (non-hydrogen) atoms. The van der Waals surface area contributed by atoms with Gasteiger partial charge in [0.15, 0.2) is 0 Å². The molecular weight excluding hydrogens is 236 g/mol. The van der Waals surface area contributed by atoms with Gasteiger partial charge in [-0.25, -0.2) is 0 Å². The molecule has 3 nitrogen and oxygen atoms in total. The van der Waals surface area contributed by atoms with E-state index in [-0.39, 0.29) is 0 Å². The summed E-state index contributed by atoms with van der Waals surface area (Å²) in [6, 6.07) is 6.38. The van der Waals surface area contributed by atoms with E-state index in [0.717, 1.165) is 31.8 Å². The zero-order valence-corrected chi connectivity index (χ0v) is 12.7. The van der Waals surface area contributed by atoms with E-state index < -0.39 is 0 Å². The fraction of sp³-hybridized carbons (Fsp3) is 0.625. The number of hydrogen-bond donors (Lipinski definition) is 2. The first-order chi connectivity index (χ1) is 9.08. The average Bonchev–Trinajstić information content (AvgIpc) is 2.38. The quantitative estimate of drug-likeness (QED) is 0.709. The monoisotopic (exact) mass is 264 g/mol. The number of aryl methyl sites for hydroxylation is 1. The third kappa shape index (κ3) is 5.21. The summed E-state index contributed by atoms with van der Waals surface area (Å²) in [4.78, 5) is 0. The Bertz CT molecular complexity index is 377. The summed E-state index contributed by atoms with van der Waals surface area (Å²) >= 11 is 0. The van der Waals surface area contributed by atoms with Crippen molar-refractivity contribution in [2.75, 3.05) is 26.7 Å². The van der Waals surface area contributed by atoms with Crippen molar-refractivity contribution in [3.8, 4) is 5.75 Å². The van der Waals surface area contributed by atoms with Gasteiger partial charge in [0.05, 0.1) is 7.11 Å². The minimum absolute atomic E-state index is 0.567. The first-order valence-electron chi connectivity index (χ1n) is 7.12. The normalized spacial score (nSPS) is 12.7. The summed E-state index contributed by atoms with van der Waals surface area (Å²) < 4.78 is 5.27. The molecule has 0 saturated carbocycles. The summed E-state index contributed by atoms with van der Waals surface area (Å²) in [6.07, 6.45) is 1.04. The number of ether oxygens (including phenoxy) is 1. The van der Waals surface area contributed by atoms with Gasteiger partial charge >= 0.3 is 0 Å². The maximum absolute atomic E-state index is 5.76. The highest BCUT2D eigenvalue weighted by Crippen LogP contribution is 2.18. The molecule has 0 heterocycles.